The van der Waals surface area contributed by atoms with Crippen LogP contribution in [-0.2, 0) is 9.53 Å². The normalized spacial score (nSPS) is 35.1. The summed E-state index contributed by atoms with van der Waals surface area (Å²) in [5.41, 5.74) is 5.40. The van der Waals surface area contributed by atoms with Gasteiger partial charge in [-0.25, -0.2) is 0 Å². The molecule has 1 aliphatic carbocycles. The third-order valence-corrected chi connectivity index (χ3v) is 3.59. The summed E-state index contributed by atoms with van der Waals surface area (Å²) in [6, 6.07) is -0.525. The predicted molar refractivity (Wildman–Crippen MR) is 61.9 cm³/mol. The lowest BCUT2D eigenvalue weighted by Gasteiger charge is -2.55. The summed E-state index contributed by atoms with van der Waals surface area (Å²) >= 11 is 0. The smallest absolute Gasteiger partial charge is 0.325 e. The fourth-order valence-corrected chi connectivity index (χ4v) is 2.80. The lowest BCUT2D eigenvalue weighted by Crippen LogP contribution is -2.71. The van der Waals surface area contributed by atoms with E-state index in [1.807, 2.05) is 20.8 Å². The average Bonchev–Trinajstić information content (AvgIpc) is 2.13. The highest BCUT2D eigenvalue weighted by molar-refractivity contribution is 5.78. The molecule has 3 aliphatic rings. The number of hydrogen-bond acceptors (Lipinski definition) is 4. The van der Waals surface area contributed by atoms with Crippen LogP contribution in [0.4, 0.5) is 0 Å². The summed E-state index contributed by atoms with van der Waals surface area (Å²) in [5, 5.41) is 3.40. The van der Waals surface area contributed by atoms with Crippen molar-refractivity contribution in [2.45, 2.75) is 57.2 Å². The molecule has 2 bridgehead atoms. The van der Waals surface area contributed by atoms with Crippen molar-refractivity contribution in [1.82, 2.24) is 5.32 Å². The third kappa shape index (κ3) is 2.09. The summed E-state index contributed by atoms with van der Waals surface area (Å²) in [6.45, 7) is 6.58. The van der Waals surface area contributed by atoms with Crippen LogP contribution in [0, 0.1) is 5.92 Å². The van der Waals surface area contributed by atoms with Crippen molar-refractivity contribution in [1.29, 1.82) is 0 Å². The number of nitrogens with one attached hydrogen (secondary N) is 1. The molecule has 3 fully saturated rings. The molecule has 3 N–H and O–H groups in total. The monoisotopic (exact) mass is 226 g/mol. The first-order valence-electron chi connectivity index (χ1n) is 6.06. The van der Waals surface area contributed by atoms with Gasteiger partial charge in [-0.1, -0.05) is 0 Å². The Balaban J connectivity index is 1.97. The molecule has 0 aromatic rings. The number of rotatable bonds is 2. The number of fused-ring (bicyclic) bond motifs is 2. The van der Waals surface area contributed by atoms with Crippen molar-refractivity contribution in [3.63, 3.8) is 0 Å². The van der Waals surface area contributed by atoms with Gasteiger partial charge in [0.25, 0.3) is 0 Å². The Kier molecular flexibility index (Phi) is 2.75. The maximum absolute atomic E-state index is 11.9. The minimum atomic E-state index is -0.525. The van der Waals surface area contributed by atoms with E-state index >= 15 is 0 Å². The molecule has 2 heterocycles. The number of piperidine rings is 2. The Morgan fingerprint density at radius 1 is 1.50 bits per heavy atom. The highest BCUT2D eigenvalue weighted by Gasteiger charge is 2.53. The van der Waals surface area contributed by atoms with E-state index in [4.69, 9.17) is 10.5 Å². The molecule has 0 aromatic carbocycles. The second-order valence-corrected chi connectivity index (χ2v) is 6.16. The van der Waals surface area contributed by atoms with E-state index < -0.39 is 11.6 Å². The van der Waals surface area contributed by atoms with Crippen LogP contribution >= 0.6 is 0 Å². The van der Waals surface area contributed by atoms with Gasteiger partial charge < -0.3 is 15.8 Å². The second-order valence-electron chi connectivity index (χ2n) is 6.16. The zero-order chi connectivity index (χ0) is 12.0. The highest BCUT2D eigenvalue weighted by Crippen LogP contribution is 2.45. The molecule has 2 saturated heterocycles. The fourth-order valence-electron chi connectivity index (χ4n) is 2.80. The highest BCUT2D eigenvalue weighted by atomic mass is 16.6. The van der Waals surface area contributed by atoms with Crippen molar-refractivity contribution >= 4 is 5.97 Å². The van der Waals surface area contributed by atoms with Crippen LogP contribution < -0.4 is 11.1 Å². The molecule has 3 rings (SSSR count). The number of carbonyl (C=O) groups is 1. The van der Waals surface area contributed by atoms with Crippen LogP contribution in [0.2, 0.25) is 0 Å². The third-order valence-electron chi connectivity index (χ3n) is 3.59. The Morgan fingerprint density at radius 2 is 2.12 bits per heavy atom. The quantitative estimate of drug-likeness (QED) is 0.684. The summed E-state index contributed by atoms with van der Waals surface area (Å²) in [6.07, 6.45) is 3.25. The van der Waals surface area contributed by atoms with E-state index in [1.165, 1.54) is 6.42 Å². The van der Waals surface area contributed by atoms with E-state index in [9.17, 15) is 4.79 Å². The number of nitrogens with two attached hydrogens (primary N) is 1. The van der Waals surface area contributed by atoms with Gasteiger partial charge >= 0.3 is 5.97 Å². The van der Waals surface area contributed by atoms with Crippen LogP contribution in [0.25, 0.3) is 0 Å². The summed E-state index contributed by atoms with van der Waals surface area (Å²) < 4.78 is 5.34. The van der Waals surface area contributed by atoms with Crippen molar-refractivity contribution in [3.8, 4) is 0 Å². The van der Waals surface area contributed by atoms with Crippen molar-refractivity contribution in [3.05, 3.63) is 0 Å². The van der Waals surface area contributed by atoms with Gasteiger partial charge in [-0.2, -0.15) is 0 Å². The predicted octanol–water partition coefficient (Wildman–Crippen LogP) is 0.797. The van der Waals surface area contributed by atoms with Gasteiger partial charge in [-0.3, -0.25) is 4.79 Å². The molecule has 1 unspecified atom stereocenters. The Morgan fingerprint density at radius 3 is 2.56 bits per heavy atom. The van der Waals surface area contributed by atoms with Crippen molar-refractivity contribution in [2.75, 3.05) is 6.54 Å². The second kappa shape index (κ2) is 3.70. The van der Waals surface area contributed by atoms with Gasteiger partial charge in [-0.15, -0.1) is 0 Å². The van der Waals surface area contributed by atoms with E-state index in [-0.39, 0.29) is 11.5 Å². The first kappa shape index (κ1) is 11.9. The van der Waals surface area contributed by atoms with Gasteiger partial charge in [0.2, 0.25) is 0 Å². The van der Waals surface area contributed by atoms with Gasteiger partial charge in [0.1, 0.15) is 11.6 Å². The minimum Gasteiger partial charge on any atom is -0.459 e. The zero-order valence-electron chi connectivity index (χ0n) is 10.4. The van der Waals surface area contributed by atoms with Gasteiger partial charge in [0.05, 0.1) is 0 Å². The molecular weight excluding hydrogens is 204 g/mol. The SMILES string of the molecule is CC(C)(C)OC(=O)C(N)C12CC(CCN1)C2. The summed E-state index contributed by atoms with van der Waals surface area (Å²) in [7, 11) is 0. The molecule has 4 nitrogen and oxygen atoms in total. The molecule has 0 spiro atoms. The Bertz CT molecular complexity index is 284. The minimum absolute atomic E-state index is 0.175. The van der Waals surface area contributed by atoms with Gasteiger partial charge in [-0.05, 0) is 52.5 Å². The first-order chi connectivity index (χ1) is 7.32. The molecule has 2 aliphatic heterocycles. The lowest BCUT2D eigenvalue weighted by atomic mass is 9.61. The van der Waals surface area contributed by atoms with Gasteiger partial charge in [0.15, 0.2) is 0 Å². The number of esters is 1. The zero-order valence-corrected chi connectivity index (χ0v) is 10.4. The average molecular weight is 226 g/mol. The molecule has 0 radical (unpaired) electrons. The Hall–Kier alpha value is -0.610. The molecule has 0 aromatic heterocycles. The van der Waals surface area contributed by atoms with E-state index in [0.717, 1.165) is 25.3 Å². The lowest BCUT2D eigenvalue weighted by molar-refractivity contribution is -0.161. The fraction of sp³-hybridized carbons (Fsp3) is 0.917. The molecule has 1 saturated carbocycles. The molecule has 92 valence electrons. The van der Waals surface area contributed by atoms with E-state index in [1.54, 1.807) is 0 Å². The van der Waals surface area contributed by atoms with Crippen LogP contribution in [-0.4, -0.2) is 29.7 Å². The number of carbonyl (C=O) groups excluding carboxylic acids is 1. The van der Waals surface area contributed by atoms with Crippen LogP contribution in [0.1, 0.15) is 40.0 Å². The molecule has 1 atom stereocenters. The molecule has 0 amide bonds. The van der Waals surface area contributed by atoms with E-state index in [0.29, 0.717) is 0 Å². The maximum Gasteiger partial charge on any atom is 0.325 e. The summed E-state index contributed by atoms with van der Waals surface area (Å²) in [5.74, 6) is 0.482. The van der Waals surface area contributed by atoms with Crippen molar-refractivity contribution in [2.24, 2.45) is 11.7 Å². The van der Waals surface area contributed by atoms with Crippen LogP contribution in [0.3, 0.4) is 0 Å². The molecule has 4 heteroatoms. The van der Waals surface area contributed by atoms with Crippen molar-refractivity contribution < 1.29 is 9.53 Å². The van der Waals surface area contributed by atoms with Crippen LogP contribution in [0.15, 0.2) is 0 Å². The van der Waals surface area contributed by atoms with Gasteiger partial charge in [0, 0.05) is 5.54 Å². The van der Waals surface area contributed by atoms with Crippen LogP contribution in [0.5, 0.6) is 0 Å². The topological polar surface area (TPSA) is 64.3 Å². The standard InChI is InChI=1S/C12H22N2O2/c1-11(2,3)16-10(15)9(13)12-6-8(7-12)4-5-14-12/h8-9,14H,4-7,13H2,1-3H3. The summed E-state index contributed by atoms with van der Waals surface area (Å²) in [4.78, 5) is 11.9. The number of ether oxygens (including phenoxy) is 1. The molecular formula is C12H22N2O2. The maximum atomic E-state index is 11.9. The molecule has 16 heavy (non-hydrogen) atoms. The number of hydrogen-bond donors (Lipinski definition) is 2. The first-order valence-corrected chi connectivity index (χ1v) is 6.06. The Labute approximate surface area is 96.9 Å². The van der Waals surface area contributed by atoms with E-state index in [2.05, 4.69) is 5.32 Å². The largest absolute Gasteiger partial charge is 0.459 e.